The lowest BCUT2D eigenvalue weighted by molar-refractivity contribution is -0.136. The van der Waals surface area contributed by atoms with Crippen molar-refractivity contribution in [2.75, 3.05) is 26.8 Å². The summed E-state index contributed by atoms with van der Waals surface area (Å²) in [4.78, 5) is 14.3. The maximum absolute atomic E-state index is 12.5. The van der Waals surface area contributed by atoms with Crippen LogP contribution in [0.3, 0.4) is 0 Å². The van der Waals surface area contributed by atoms with Crippen molar-refractivity contribution >= 4 is 5.91 Å². The van der Waals surface area contributed by atoms with Gasteiger partial charge in [0.1, 0.15) is 11.9 Å². The lowest BCUT2D eigenvalue weighted by Crippen LogP contribution is -2.46. The lowest BCUT2D eigenvalue weighted by Gasteiger charge is -2.32. The van der Waals surface area contributed by atoms with E-state index in [9.17, 15) is 4.79 Å². The molecule has 0 saturated carbocycles. The molecule has 1 aliphatic rings. The number of benzene rings is 2. The third-order valence-corrected chi connectivity index (χ3v) is 4.20. The number of rotatable bonds is 6. The number of nitrogens with zero attached hydrogens (tertiary/aromatic N) is 1. The van der Waals surface area contributed by atoms with Gasteiger partial charge in [-0.2, -0.15) is 0 Å². The first-order chi connectivity index (χ1) is 12.3. The van der Waals surface area contributed by atoms with Crippen molar-refractivity contribution in [1.82, 2.24) is 4.90 Å². The van der Waals surface area contributed by atoms with Crippen molar-refractivity contribution in [2.24, 2.45) is 0 Å². The zero-order valence-electron chi connectivity index (χ0n) is 14.4. The van der Waals surface area contributed by atoms with E-state index in [1.54, 1.807) is 13.2 Å². The molecule has 2 aromatic carbocycles. The first-order valence-corrected chi connectivity index (χ1v) is 8.51. The second-order valence-corrected chi connectivity index (χ2v) is 5.97. The Morgan fingerprint density at radius 3 is 2.56 bits per heavy atom. The molecule has 5 nitrogen and oxygen atoms in total. The number of ether oxygens (including phenoxy) is 3. The number of carbonyl (C=O) groups is 1. The molecule has 132 valence electrons. The molecular weight excluding hydrogens is 318 g/mol. The summed E-state index contributed by atoms with van der Waals surface area (Å²) < 4.78 is 16.9. The fourth-order valence-corrected chi connectivity index (χ4v) is 2.92. The molecule has 0 radical (unpaired) electrons. The standard InChI is InChI=1S/C20H23NO4/c1-23-18-11-5-6-12-19(18)24-15-20(22)21-13-7-10-17(14-21)25-16-8-3-2-4-9-16/h2-6,8-9,11-12,17H,7,10,13-15H2,1H3. The summed E-state index contributed by atoms with van der Waals surface area (Å²) >= 11 is 0. The summed E-state index contributed by atoms with van der Waals surface area (Å²) in [5.41, 5.74) is 0. The first-order valence-electron chi connectivity index (χ1n) is 8.51. The normalized spacial score (nSPS) is 17.0. The van der Waals surface area contributed by atoms with E-state index in [1.165, 1.54) is 0 Å². The molecule has 0 N–H and O–H groups in total. The van der Waals surface area contributed by atoms with Crippen LogP contribution in [0, 0.1) is 0 Å². The monoisotopic (exact) mass is 341 g/mol. The number of hydrogen-bond acceptors (Lipinski definition) is 4. The smallest absolute Gasteiger partial charge is 0.260 e. The fraction of sp³-hybridized carbons (Fsp3) is 0.350. The highest BCUT2D eigenvalue weighted by molar-refractivity contribution is 5.78. The van der Waals surface area contributed by atoms with E-state index >= 15 is 0 Å². The van der Waals surface area contributed by atoms with Gasteiger partial charge in [-0.3, -0.25) is 4.79 Å². The fourth-order valence-electron chi connectivity index (χ4n) is 2.92. The molecule has 0 aromatic heterocycles. The van der Waals surface area contributed by atoms with Gasteiger partial charge in [0.05, 0.1) is 13.7 Å². The van der Waals surface area contributed by atoms with Crippen LogP contribution < -0.4 is 14.2 Å². The molecule has 2 aromatic rings. The second kappa shape index (κ2) is 8.42. The number of hydrogen-bond donors (Lipinski definition) is 0. The molecule has 1 aliphatic heterocycles. The third kappa shape index (κ3) is 4.66. The summed E-state index contributed by atoms with van der Waals surface area (Å²) in [5, 5.41) is 0. The molecular formula is C20H23NO4. The molecule has 25 heavy (non-hydrogen) atoms. The van der Waals surface area contributed by atoms with Crippen LogP contribution >= 0.6 is 0 Å². The summed E-state index contributed by atoms with van der Waals surface area (Å²) in [6.07, 6.45) is 1.90. The average Bonchev–Trinajstić information content (AvgIpc) is 2.67. The predicted molar refractivity (Wildman–Crippen MR) is 95.2 cm³/mol. The average molecular weight is 341 g/mol. The van der Waals surface area contributed by atoms with Gasteiger partial charge in [-0.05, 0) is 37.1 Å². The largest absolute Gasteiger partial charge is 0.493 e. The zero-order chi connectivity index (χ0) is 17.5. The Morgan fingerprint density at radius 1 is 1.08 bits per heavy atom. The Bertz CT molecular complexity index is 689. The topological polar surface area (TPSA) is 48.0 Å². The molecule has 1 amide bonds. The Kier molecular flexibility index (Phi) is 5.77. The number of para-hydroxylation sites is 3. The number of methoxy groups -OCH3 is 1. The maximum atomic E-state index is 12.5. The van der Waals surface area contributed by atoms with E-state index in [1.807, 2.05) is 53.4 Å². The van der Waals surface area contributed by atoms with Gasteiger partial charge >= 0.3 is 0 Å². The molecule has 1 saturated heterocycles. The van der Waals surface area contributed by atoms with Crippen molar-refractivity contribution in [1.29, 1.82) is 0 Å². The Labute approximate surface area is 148 Å². The van der Waals surface area contributed by atoms with Crippen LogP contribution in [-0.4, -0.2) is 43.7 Å². The Balaban J connectivity index is 1.53. The molecule has 0 aliphatic carbocycles. The number of likely N-dealkylation sites (tertiary alicyclic amines) is 1. The highest BCUT2D eigenvalue weighted by Crippen LogP contribution is 2.26. The first kappa shape index (κ1) is 17.1. The molecule has 1 unspecified atom stereocenters. The van der Waals surface area contributed by atoms with Crippen molar-refractivity contribution < 1.29 is 19.0 Å². The molecule has 1 atom stereocenters. The van der Waals surface area contributed by atoms with Crippen LogP contribution in [0.5, 0.6) is 17.2 Å². The molecule has 0 spiro atoms. The van der Waals surface area contributed by atoms with Gasteiger partial charge in [0.2, 0.25) is 0 Å². The Morgan fingerprint density at radius 2 is 1.80 bits per heavy atom. The number of amides is 1. The quantitative estimate of drug-likeness (QED) is 0.810. The van der Waals surface area contributed by atoms with Gasteiger partial charge in [-0.25, -0.2) is 0 Å². The van der Waals surface area contributed by atoms with Crippen LogP contribution in [0.1, 0.15) is 12.8 Å². The minimum absolute atomic E-state index is 0.00156. The van der Waals surface area contributed by atoms with Crippen LogP contribution in [0.15, 0.2) is 54.6 Å². The van der Waals surface area contributed by atoms with Crippen LogP contribution in [0.4, 0.5) is 0 Å². The molecule has 5 heteroatoms. The van der Waals surface area contributed by atoms with E-state index in [-0.39, 0.29) is 18.6 Å². The number of carbonyl (C=O) groups excluding carboxylic acids is 1. The zero-order valence-corrected chi connectivity index (χ0v) is 14.4. The van der Waals surface area contributed by atoms with Gasteiger partial charge < -0.3 is 19.1 Å². The van der Waals surface area contributed by atoms with E-state index < -0.39 is 0 Å². The van der Waals surface area contributed by atoms with Crippen LogP contribution in [0.25, 0.3) is 0 Å². The Hall–Kier alpha value is -2.69. The van der Waals surface area contributed by atoms with Crippen molar-refractivity contribution in [3.05, 3.63) is 54.6 Å². The summed E-state index contributed by atoms with van der Waals surface area (Å²) in [6.45, 7) is 1.32. The lowest BCUT2D eigenvalue weighted by atomic mass is 10.1. The van der Waals surface area contributed by atoms with Gasteiger partial charge in [-0.15, -0.1) is 0 Å². The summed E-state index contributed by atoms with van der Waals surface area (Å²) in [6, 6.07) is 17.0. The molecule has 0 bridgehead atoms. The molecule has 1 heterocycles. The molecule has 1 fully saturated rings. The SMILES string of the molecule is COc1ccccc1OCC(=O)N1CCCC(Oc2ccccc2)C1. The van der Waals surface area contributed by atoms with Gasteiger partial charge in [0.25, 0.3) is 5.91 Å². The summed E-state index contributed by atoms with van der Waals surface area (Å²) in [5.74, 6) is 2.01. The van der Waals surface area contributed by atoms with Gasteiger partial charge in [-0.1, -0.05) is 30.3 Å². The minimum Gasteiger partial charge on any atom is -0.493 e. The summed E-state index contributed by atoms with van der Waals surface area (Å²) in [7, 11) is 1.58. The second-order valence-electron chi connectivity index (χ2n) is 5.97. The highest BCUT2D eigenvalue weighted by Gasteiger charge is 2.25. The van der Waals surface area contributed by atoms with E-state index in [4.69, 9.17) is 14.2 Å². The van der Waals surface area contributed by atoms with E-state index in [2.05, 4.69) is 0 Å². The van der Waals surface area contributed by atoms with E-state index in [0.29, 0.717) is 18.0 Å². The highest BCUT2D eigenvalue weighted by atomic mass is 16.5. The predicted octanol–water partition coefficient (Wildman–Crippen LogP) is 3.14. The van der Waals surface area contributed by atoms with Crippen molar-refractivity contribution in [3.8, 4) is 17.2 Å². The molecule has 3 rings (SSSR count). The van der Waals surface area contributed by atoms with Crippen LogP contribution in [-0.2, 0) is 4.79 Å². The van der Waals surface area contributed by atoms with Gasteiger partial charge in [0, 0.05) is 6.54 Å². The van der Waals surface area contributed by atoms with Crippen molar-refractivity contribution in [2.45, 2.75) is 18.9 Å². The number of piperidine rings is 1. The van der Waals surface area contributed by atoms with E-state index in [0.717, 1.165) is 25.1 Å². The maximum Gasteiger partial charge on any atom is 0.260 e. The van der Waals surface area contributed by atoms with Gasteiger partial charge in [0.15, 0.2) is 18.1 Å². The minimum atomic E-state index is -0.0349. The third-order valence-electron chi connectivity index (χ3n) is 4.20. The van der Waals surface area contributed by atoms with Crippen LogP contribution in [0.2, 0.25) is 0 Å². The van der Waals surface area contributed by atoms with Crippen molar-refractivity contribution in [3.63, 3.8) is 0 Å².